The van der Waals surface area contributed by atoms with E-state index in [1.54, 1.807) is 0 Å². The van der Waals surface area contributed by atoms with Gasteiger partial charge in [-0.1, -0.05) is 58.4 Å². The second kappa shape index (κ2) is 6.86. The van der Waals surface area contributed by atoms with Crippen molar-refractivity contribution in [2.24, 2.45) is 0 Å². The smallest absolute Gasteiger partial charge is 0.0979 e. The van der Waals surface area contributed by atoms with Gasteiger partial charge in [-0.2, -0.15) is 0 Å². The minimum atomic E-state index is -1.14. The number of benzene rings is 2. The van der Waals surface area contributed by atoms with Crippen LogP contribution in [0, 0.1) is 0 Å². The van der Waals surface area contributed by atoms with Gasteiger partial charge in [0, 0.05) is 4.47 Å². The number of hydrogen-bond donors (Lipinski definition) is 1. The van der Waals surface area contributed by atoms with Crippen LogP contribution in [0.4, 0.5) is 0 Å². The molecule has 4 heteroatoms. The molecule has 0 fully saturated rings. The Hall–Kier alpha value is -0.970. The van der Waals surface area contributed by atoms with E-state index < -0.39 is 11.0 Å². The van der Waals surface area contributed by atoms with Crippen LogP contribution < -0.4 is 4.72 Å². The fourth-order valence-corrected chi connectivity index (χ4v) is 3.20. The molecule has 112 valence electrons. The molecule has 0 aliphatic heterocycles. The first-order valence-electron chi connectivity index (χ1n) is 6.86. The van der Waals surface area contributed by atoms with Crippen molar-refractivity contribution in [3.8, 4) is 0 Å². The molecule has 0 bridgehead atoms. The maximum atomic E-state index is 12.5. The van der Waals surface area contributed by atoms with E-state index in [2.05, 4.69) is 44.9 Å². The van der Waals surface area contributed by atoms with Crippen LogP contribution in [-0.4, -0.2) is 8.96 Å². The molecule has 0 aromatic heterocycles. The summed E-state index contributed by atoms with van der Waals surface area (Å²) in [4.78, 5) is 0. The molecule has 0 amide bonds. The normalized spacial score (nSPS) is 14.7. The van der Waals surface area contributed by atoms with E-state index in [1.165, 1.54) is 0 Å². The van der Waals surface area contributed by atoms with Gasteiger partial charge in [0.1, 0.15) is 0 Å². The zero-order chi connectivity index (χ0) is 15.5. The molecule has 2 rings (SSSR count). The average molecular weight is 366 g/mol. The number of halogens is 1. The summed E-state index contributed by atoms with van der Waals surface area (Å²) in [5.41, 5.74) is 2.20. The van der Waals surface area contributed by atoms with Gasteiger partial charge in [0.15, 0.2) is 0 Å². The first-order valence-corrected chi connectivity index (χ1v) is 8.80. The van der Waals surface area contributed by atoms with Gasteiger partial charge >= 0.3 is 0 Å². The Morgan fingerprint density at radius 3 is 2.19 bits per heavy atom. The molecule has 21 heavy (non-hydrogen) atoms. The van der Waals surface area contributed by atoms with Gasteiger partial charge in [-0.15, -0.1) is 0 Å². The number of hydrogen-bond acceptors (Lipinski definition) is 1. The van der Waals surface area contributed by atoms with Crippen molar-refractivity contribution in [3.63, 3.8) is 0 Å². The van der Waals surface area contributed by atoms with Crippen molar-refractivity contribution in [1.29, 1.82) is 0 Å². The fraction of sp³-hybridized carbons (Fsp3) is 0.294. The number of rotatable bonds is 4. The molecular formula is C17H20BrNOS. The minimum absolute atomic E-state index is 0.0937. The molecule has 0 saturated carbocycles. The second-order valence-corrected chi connectivity index (χ2v) is 8.81. The van der Waals surface area contributed by atoms with Crippen molar-refractivity contribution in [1.82, 2.24) is 4.72 Å². The van der Waals surface area contributed by atoms with Gasteiger partial charge in [-0.3, -0.25) is 0 Å². The van der Waals surface area contributed by atoms with Crippen LogP contribution in [0.2, 0.25) is 0 Å². The topological polar surface area (TPSA) is 29.1 Å². The summed E-state index contributed by atoms with van der Waals surface area (Å²) in [6.07, 6.45) is 0. The van der Waals surface area contributed by atoms with E-state index in [9.17, 15) is 4.21 Å². The maximum Gasteiger partial charge on any atom is 0.0979 e. The summed E-state index contributed by atoms with van der Waals surface area (Å²) in [7, 11) is -1.14. The molecule has 2 aromatic carbocycles. The SMILES string of the molecule is CC(C)(C)S(=O)NC(c1ccccc1)c1cccc(Br)c1. The van der Waals surface area contributed by atoms with Crippen LogP contribution in [0.25, 0.3) is 0 Å². The summed E-state index contributed by atoms with van der Waals surface area (Å²) in [5.74, 6) is 0. The summed E-state index contributed by atoms with van der Waals surface area (Å²) in [6.45, 7) is 5.91. The highest BCUT2D eigenvalue weighted by atomic mass is 79.9. The molecular weight excluding hydrogens is 346 g/mol. The quantitative estimate of drug-likeness (QED) is 0.843. The van der Waals surface area contributed by atoms with Gasteiger partial charge in [0.05, 0.1) is 21.8 Å². The summed E-state index contributed by atoms with van der Waals surface area (Å²) in [6, 6.07) is 18.1. The molecule has 0 heterocycles. The zero-order valence-electron chi connectivity index (χ0n) is 12.5. The van der Waals surface area contributed by atoms with Crippen LogP contribution in [-0.2, 0) is 11.0 Å². The molecule has 2 aromatic rings. The molecule has 0 spiro atoms. The van der Waals surface area contributed by atoms with Crippen molar-refractivity contribution in [2.45, 2.75) is 31.6 Å². The van der Waals surface area contributed by atoms with E-state index in [4.69, 9.17) is 0 Å². The van der Waals surface area contributed by atoms with Gasteiger partial charge in [0.25, 0.3) is 0 Å². The van der Waals surface area contributed by atoms with Crippen molar-refractivity contribution in [3.05, 3.63) is 70.2 Å². The highest BCUT2D eigenvalue weighted by Crippen LogP contribution is 2.26. The van der Waals surface area contributed by atoms with Crippen LogP contribution in [0.1, 0.15) is 37.9 Å². The molecule has 2 atom stereocenters. The molecule has 0 aliphatic carbocycles. The standard InChI is InChI=1S/C17H20BrNOS/c1-17(2,3)21(20)19-16(13-8-5-4-6-9-13)14-10-7-11-15(18)12-14/h4-12,16,19H,1-3H3. The predicted octanol–water partition coefficient (Wildman–Crippen LogP) is 4.59. The maximum absolute atomic E-state index is 12.5. The van der Waals surface area contributed by atoms with E-state index in [0.29, 0.717) is 0 Å². The lowest BCUT2D eigenvalue weighted by atomic mass is 10.00. The highest BCUT2D eigenvalue weighted by molar-refractivity contribution is 9.10. The highest BCUT2D eigenvalue weighted by Gasteiger charge is 2.24. The van der Waals surface area contributed by atoms with Crippen molar-refractivity contribution in [2.75, 3.05) is 0 Å². The van der Waals surface area contributed by atoms with Gasteiger partial charge in [-0.25, -0.2) is 8.93 Å². The lowest BCUT2D eigenvalue weighted by Gasteiger charge is -2.25. The van der Waals surface area contributed by atoms with E-state index in [1.807, 2.05) is 51.1 Å². The Morgan fingerprint density at radius 1 is 1.00 bits per heavy atom. The van der Waals surface area contributed by atoms with Gasteiger partial charge in [0.2, 0.25) is 0 Å². The predicted molar refractivity (Wildman–Crippen MR) is 93.5 cm³/mol. The van der Waals surface area contributed by atoms with Crippen LogP contribution in [0.3, 0.4) is 0 Å². The van der Waals surface area contributed by atoms with Crippen LogP contribution in [0.15, 0.2) is 59.1 Å². The van der Waals surface area contributed by atoms with Crippen molar-refractivity contribution < 1.29 is 4.21 Å². The van der Waals surface area contributed by atoms with Crippen LogP contribution >= 0.6 is 15.9 Å². The summed E-state index contributed by atoms with van der Waals surface area (Å²) < 4.78 is 16.5. The zero-order valence-corrected chi connectivity index (χ0v) is 14.9. The average Bonchev–Trinajstić information content (AvgIpc) is 2.44. The Bertz CT molecular complexity index is 622. The third-order valence-corrected chi connectivity index (χ3v) is 5.15. The van der Waals surface area contributed by atoms with E-state index >= 15 is 0 Å². The third-order valence-electron chi connectivity index (χ3n) is 3.10. The lowest BCUT2D eigenvalue weighted by Crippen LogP contribution is -2.36. The Morgan fingerprint density at radius 2 is 1.62 bits per heavy atom. The lowest BCUT2D eigenvalue weighted by molar-refractivity contribution is 0.623. The Kier molecular flexibility index (Phi) is 5.36. The van der Waals surface area contributed by atoms with Gasteiger partial charge in [-0.05, 0) is 44.0 Å². The summed E-state index contributed by atoms with van der Waals surface area (Å²) in [5, 5.41) is 0. The second-order valence-electron chi connectivity index (χ2n) is 5.90. The van der Waals surface area contributed by atoms with E-state index in [0.717, 1.165) is 15.6 Å². The Balaban J connectivity index is 2.38. The van der Waals surface area contributed by atoms with Crippen LogP contribution in [0.5, 0.6) is 0 Å². The molecule has 2 nitrogen and oxygen atoms in total. The molecule has 2 unspecified atom stereocenters. The molecule has 0 saturated heterocycles. The monoisotopic (exact) mass is 365 g/mol. The van der Waals surface area contributed by atoms with Gasteiger partial charge < -0.3 is 0 Å². The third kappa shape index (κ3) is 4.50. The van der Waals surface area contributed by atoms with Crippen molar-refractivity contribution >= 4 is 26.9 Å². The van der Waals surface area contributed by atoms with E-state index in [-0.39, 0.29) is 10.8 Å². The largest absolute Gasteiger partial charge is 0.242 e. The first-order chi connectivity index (χ1) is 9.88. The minimum Gasteiger partial charge on any atom is -0.242 e. The first kappa shape index (κ1) is 16.4. The Labute approximate surface area is 137 Å². The number of nitrogens with one attached hydrogen (secondary N) is 1. The molecule has 1 N–H and O–H groups in total. The summed E-state index contributed by atoms with van der Waals surface area (Å²) >= 11 is 3.51. The molecule has 0 aliphatic rings. The molecule has 0 radical (unpaired) electrons. The fourth-order valence-electron chi connectivity index (χ4n) is 1.94.